The Morgan fingerprint density at radius 3 is 2.63 bits per heavy atom. The maximum absolute atomic E-state index is 13.9. The van der Waals surface area contributed by atoms with Crippen LogP contribution in [-0.2, 0) is 6.54 Å². The largest absolute Gasteiger partial charge is 0.365 e. The molecule has 0 heterocycles. The number of hydrogen-bond donors (Lipinski definition) is 0. The summed E-state index contributed by atoms with van der Waals surface area (Å²) < 4.78 is 15.0. The molecule has 19 heavy (non-hydrogen) atoms. The third-order valence-corrected chi connectivity index (χ3v) is 3.62. The zero-order chi connectivity index (χ0) is 13.8. The first-order valence-electron chi connectivity index (χ1n) is 6.04. The standard InChI is InChI=1S/C15H14BrClFN/c1-2-19(10-11-4-3-5-12(16)8-11)15-7-6-13(17)9-14(15)18/h3-9H,2,10H2,1H3. The molecule has 0 saturated carbocycles. The SMILES string of the molecule is CCN(Cc1cccc(Br)c1)c1ccc(Cl)cc1F. The van der Waals surface area contributed by atoms with Gasteiger partial charge in [0.1, 0.15) is 5.82 Å². The van der Waals surface area contributed by atoms with Crippen molar-refractivity contribution >= 4 is 33.2 Å². The predicted molar refractivity (Wildman–Crippen MR) is 82.3 cm³/mol. The molecule has 0 spiro atoms. The molecule has 4 heteroatoms. The summed E-state index contributed by atoms with van der Waals surface area (Å²) in [6, 6.07) is 12.8. The predicted octanol–water partition coefficient (Wildman–Crippen LogP) is 5.27. The van der Waals surface area contributed by atoms with Crippen molar-refractivity contribution < 1.29 is 4.39 Å². The van der Waals surface area contributed by atoms with Crippen molar-refractivity contribution in [1.29, 1.82) is 0 Å². The van der Waals surface area contributed by atoms with Crippen LogP contribution in [0.15, 0.2) is 46.9 Å². The fourth-order valence-corrected chi connectivity index (χ4v) is 2.57. The number of rotatable bonds is 4. The molecule has 0 N–H and O–H groups in total. The Kier molecular flexibility index (Phi) is 4.83. The van der Waals surface area contributed by atoms with Crippen LogP contribution < -0.4 is 4.90 Å². The zero-order valence-corrected chi connectivity index (χ0v) is 12.9. The van der Waals surface area contributed by atoms with Crippen LogP contribution in [0.4, 0.5) is 10.1 Å². The minimum absolute atomic E-state index is 0.288. The van der Waals surface area contributed by atoms with Crippen molar-refractivity contribution in [1.82, 2.24) is 0 Å². The van der Waals surface area contributed by atoms with E-state index in [1.165, 1.54) is 6.07 Å². The van der Waals surface area contributed by atoms with Crippen molar-refractivity contribution in [2.24, 2.45) is 0 Å². The van der Waals surface area contributed by atoms with Gasteiger partial charge in [0.25, 0.3) is 0 Å². The van der Waals surface area contributed by atoms with Crippen LogP contribution in [0.1, 0.15) is 12.5 Å². The maximum atomic E-state index is 13.9. The Labute approximate surface area is 126 Å². The molecule has 2 rings (SSSR count). The molecule has 0 aliphatic heterocycles. The number of nitrogens with zero attached hydrogens (tertiary/aromatic N) is 1. The van der Waals surface area contributed by atoms with Gasteiger partial charge in [-0.3, -0.25) is 0 Å². The van der Waals surface area contributed by atoms with E-state index in [1.54, 1.807) is 12.1 Å². The van der Waals surface area contributed by atoms with E-state index in [0.29, 0.717) is 17.3 Å². The van der Waals surface area contributed by atoms with Crippen LogP contribution >= 0.6 is 27.5 Å². The van der Waals surface area contributed by atoms with Gasteiger partial charge in [-0.2, -0.15) is 0 Å². The van der Waals surface area contributed by atoms with Crippen LogP contribution in [0.2, 0.25) is 5.02 Å². The van der Waals surface area contributed by atoms with Gasteiger partial charge in [-0.05, 0) is 42.8 Å². The first-order chi connectivity index (χ1) is 9.10. The molecule has 0 aliphatic carbocycles. The monoisotopic (exact) mass is 341 g/mol. The summed E-state index contributed by atoms with van der Waals surface area (Å²) in [6.45, 7) is 3.39. The van der Waals surface area contributed by atoms with Crippen LogP contribution in [0.3, 0.4) is 0 Å². The van der Waals surface area contributed by atoms with Gasteiger partial charge in [-0.15, -0.1) is 0 Å². The normalized spacial score (nSPS) is 10.5. The van der Waals surface area contributed by atoms with Crippen LogP contribution in [0, 0.1) is 5.82 Å². The molecule has 2 aromatic carbocycles. The molecule has 0 unspecified atom stereocenters. The van der Waals surface area contributed by atoms with Gasteiger partial charge in [0.2, 0.25) is 0 Å². The highest BCUT2D eigenvalue weighted by molar-refractivity contribution is 9.10. The minimum atomic E-state index is -0.288. The fourth-order valence-electron chi connectivity index (χ4n) is 1.96. The van der Waals surface area contributed by atoms with Gasteiger partial charge < -0.3 is 4.90 Å². The van der Waals surface area contributed by atoms with E-state index in [4.69, 9.17) is 11.6 Å². The Bertz CT molecular complexity index is 574. The van der Waals surface area contributed by atoms with E-state index in [9.17, 15) is 4.39 Å². The Hall–Kier alpha value is -1.06. The lowest BCUT2D eigenvalue weighted by Crippen LogP contribution is -2.23. The third-order valence-electron chi connectivity index (χ3n) is 2.89. The third kappa shape index (κ3) is 3.71. The molecule has 1 nitrogen and oxygen atoms in total. The van der Waals surface area contributed by atoms with Crippen molar-refractivity contribution in [3.63, 3.8) is 0 Å². The first kappa shape index (κ1) is 14.4. The highest BCUT2D eigenvalue weighted by Crippen LogP contribution is 2.24. The van der Waals surface area contributed by atoms with Gasteiger partial charge in [-0.1, -0.05) is 39.7 Å². The molecule has 0 atom stereocenters. The molecule has 0 saturated heterocycles. The van der Waals surface area contributed by atoms with E-state index >= 15 is 0 Å². The summed E-state index contributed by atoms with van der Waals surface area (Å²) in [5, 5.41) is 0.416. The van der Waals surface area contributed by atoms with E-state index in [1.807, 2.05) is 36.1 Å². The number of anilines is 1. The Balaban J connectivity index is 2.25. The molecular formula is C15H14BrClFN. The number of benzene rings is 2. The molecule has 2 aromatic rings. The average molecular weight is 343 g/mol. The second-order valence-electron chi connectivity index (χ2n) is 4.24. The zero-order valence-electron chi connectivity index (χ0n) is 10.5. The molecule has 0 aliphatic rings. The number of halogens is 3. The van der Waals surface area contributed by atoms with Crippen molar-refractivity contribution in [3.05, 3.63) is 63.3 Å². The molecule has 100 valence electrons. The molecular weight excluding hydrogens is 329 g/mol. The van der Waals surface area contributed by atoms with Gasteiger partial charge in [-0.25, -0.2) is 4.39 Å². The highest BCUT2D eigenvalue weighted by atomic mass is 79.9. The topological polar surface area (TPSA) is 3.24 Å². The van der Waals surface area contributed by atoms with Gasteiger partial charge in [0.05, 0.1) is 5.69 Å². The molecule has 0 amide bonds. The van der Waals surface area contributed by atoms with Gasteiger partial charge >= 0.3 is 0 Å². The molecule has 0 radical (unpaired) electrons. The van der Waals surface area contributed by atoms with Crippen LogP contribution in [-0.4, -0.2) is 6.54 Å². The van der Waals surface area contributed by atoms with E-state index < -0.39 is 0 Å². The molecule has 0 bridgehead atoms. The van der Waals surface area contributed by atoms with Gasteiger partial charge in [0.15, 0.2) is 0 Å². The lowest BCUT2D eigenvalue weighted by molar-refractivity contribution is 0.618. The summed E-state index contributed by atoms with van der Waals surface area (Å²) in [5.74, 6) is -0.288. The van der Waals surface area contributed by atoms with Crippen molar-refractivity contribution in [3.8, 4) is 0 Å². The quantitative estimate of drug-likeness (QED) is 0.732. The Morgan fingerprint density at radius 2 is 2.00 bits per heavy atom. The first-order valence-corrected chi connectivity index (χ1v) is 7.21. The van der Waals surface area contributed by atoms with E-state index in [-0.39, 0.29) is 5.82 Å². The fraction of sp³-hybridized carbons (Fsp3) is 0.200. The second-order valence-corrected chi connectivity index (χ2v) is 5.59. The summed E-state index contributed by atoms with van der Waals surface area (Å²) in [7, 11) is 0. The minimum Gasteiger partial charge on any atom is -0.365 e. The van der Waals surface area contributed by atoms with E-state index in [0.717, 1.165) is 16.6 Å². The van der Waals surface area contributed by atoms with Gasteiger partial charge in [0, 0.05) is 22.6 Å². The average Bonchev–Trinajstić information content (AvgIpc) is 2.37. The van der Waals surface area contributed by atoms with Crippen molar-refractivity contribution in [2.75, 3.05) is 11.4 Å². The smallest absolute Gasteiger partial charge is 0.147 e. The van der Waals surface area contributed by atoms with E-state index in [2.05, 4.69) is 15.9 Å². The summed E-state index contributed by atoms with van der Waals surface area (Å²) in [6.07, 6.45) is 0. The summed E-state index contributed by atoms with van der Waals surface area (Å²) in [5.41, 5.74) is 1.71. The summed E-state index contributed by atoms with van der Waals surface area (Å²) >= 11 is 9.23. The Morgan fingerprint density at radius 1 is 1.21 bits per heavy atom. The lowest BCUT2D eigenvalue weighted by atomic mass is 10.2. The van der Waals surface area contributed by atoms with Crippen LogP contribution in [0.25, 0.3) is 0 Å². The van der Waals surface area contributed by atoms with Crippen LogP contribution in [0.5, 0.6) is 0 Å². The highest BCUT2D eigenvalue weighted by Gasteiger charge is 2.11. The molecule has 0 aromatic heterocycles. The second kappa shape index (κ2) is 6.40. The van der Waals surface area contributed by atoms with Crippen molar-refractivity contribution in [2.45, 2.75) is 13.5 Å². The lowest BCUT2D eigenvalue weighted by Gasteiger charge is -2.24. The number of hydrogen-bond acceptors (Lipinski definition) is 1. The summed E-state index contributed by atoms with van der Waals surface area (Å²) in [4.78, 5) is 1.98. The molecule has 0 fully saturated rings. The maximum Gasteiger partial charge on any atom is 0.147 e.